The molecule has 0 aliphatic carbocycles. The molecule has 1 aliphatic rings. The van der Waals surface area contributed by atoms with Gasteiger partial charge in [0.05, 0.1) is 13.2 Å². The number of nitrogens with zero attached hydrogens (tertiary/aromatic N) is 2. The van der Waals surface area contributed by atoms with E-state index in [1.807, 2.05) is 11.8 Å². The van der Waals surface area contributed by atoms with Gasteiger partial charge in [-0.1, -0.05) is 24.3 Å². The molecule has 1 atom stereocenters. The van der Waals surface area contributed by atoms with Crippen LogP contribution in [0, 0.1) is 0 Å². The highest BCUT2D eigenvalue weighted by atomic mass is 127. The average Bonchev–Trinajstić information content (AvgIpc) is 2.99. The van der Waals surface area contributed by atoms with Crippen molar-refractivity contribution in [2.75, 3.05) is 26.8 Å². The minimum atomic E-state index is 0. The van der Waals surface area contributed by atoms with Crippen LogP contribution in [0.4, 0.5) is 0 Å². The van der Waals surface area contributed by atoms with Crippen LogP contribution < -0.4 is 10.6 Å². The summed E-state index contributed by atoms with van der Waals surface area (Å²) in [5.41, 5.74) is 2.31. The molecule has 1 aromatic carbocycles. The predicted molar refractivity (Wildman–Crippen MR) is 116 cm³/mol. The number of aliphatic imine (C=N–C) groups is 1. The largest absolute Gasteiger partial charge is 0.383 e. The molecule has 0 aromatic heterocycles. The second kappa shape index (κ2) is 12.1. The quantitative estimate of drug-likeness (QED) is 0.345. The third-order valence-corrected chi connectivity index (χ3v) is 4.13. The van der Waals surface area contributed by atoms with Crippen molar-refractivity contribution < 1.29 is 9.53 Å². The fourth-order valence-electron chi connectivity index (χ4n) is 2.86. The molecule has 1 fully saturated rings. The van der Waals surface area contributed by atoms with E-state index in [0.717, 1.165) is 31.0 Å². The first-order valence-electron chi connectivity index (χ1n) is 9.01. The molecule has 2 rings (SSSR count). The third-order valence-electron chi connectivity index (χ3n) is 4.13. The lowest BCUT2D eigenvalue weighted by Gasteiger charge is -2.17. The molecule has 0 saturated carbocycles. The van der Waals surface area contributed by atoms with Gasteiger partial charge in [-0.3, -0.25) is 4.79 Å². The smallest absolute Gasteiger partial charge is 0.222 e. The van der Waals surface area contributed by atoms with E-state index in [0.29, 0.717) is 26.1 Å². The molecule has 0 bridgehead atoms. The lowest BCUT2D eigenvalue weighted by atomic mass is 10.1. The van der Waals surface area contributed by atoms with E-state index in [9.17, 15) is 4.79 Å². The number of carbonyl (C=O) groups is 1. The molecule has 1 aliphatic heterocycles. The van der Waals surface area contributed by atoms with E-state index in [1.54, 1.807) is 7.11 Å². The first-order valence-corrected chi connectivity index (χ1v) is 9.01. The molecule has 2 N–H and O–H groups in total. The molecular weight excluding hydrogens is 443 g/mol. The number of nitrogens with one attached hydrogen (secondary N) is 2. The predicted octanol–water partition coefficient (Wildman–Crippen LogP) is 2.52. The number of amides is 1. The molecule has 1 saturated heterocycles. The Bertz CT molecular complexity index is 577. The van der Waals surface area contributed by atoms with Crippen molar-refractivity contribution in [2.45, 2.75) is 45.8 Å². The average molecular weight is 474 g/mol. The van der Waals surface area contributed by atoms with Crippen molar-refractivity contribution in [3.63, 3.8) is 0 Å². The fourth-order valence-corrected chi connectivity index (χ4v) is 2.86. The maximum atomic E-state index is 11.7. The Balaban J connectivity index is 0.00000338. The van der Waals surface area contributed by atoms with Crippen LogP contribution in [0.5, 0.6) is 0 Å². The number of likely N-dealkylation sites (tertiary alicyclic amines) is 1. The van der Waals surface area contributed by atoms with Crippen LogP contribution >= 0.6 is 24.0 Å². The summed E-state index contributed by atoms with van der Waals surface area (Å²) >= 11 is 0. The highest BCUT2D eigenvalue weighted by Gasteiger charge is 2.19. The summed E-state index contributed by atoms with van der Waals surface area (Å²) in [6.07, 6.45) is 1.67. The van der Waals surface area contributed by atoms with Gasteiger partial charge in [-0.25, -0.2) is 4.99 Å². The molecule has 26 heavy (non-hydrogen) atoms. The van der Waals surface area contributed by atoms with Crippen LogP contribution in [0.25, 0.3) is 0 Å². The molecule has 1 aromatic rings. The zero-order valence-corrected chi connectivity index (χ0v) is 18.3. The minimum Gasteiger partial charge on any atom is -0.383 e. The molecule has 1 heterocycles. The number of hydrogen-bond donors (Lipinski definition) is 2. The summed E-state index contributed by atoms with van der Waals surface area (Å²) in [6.45, 7) is 7.75. The van der Waals surface area contributed by atoms with Gasteiger partial charge in [0.25, 0.3) is 0 Å². The number of carbonyl (C=O) groups excluding carboxylic acids is 1. The summed E-state index contributed by atoms with van der Waals surface area (Å²) in [7, 11) is 1.69. The van der Waals surface area contributed by atoms with Gasteiger partial charge in [0.15, 0.2) is 5.96 Å². The van der Waals surface area contributed by atoms with Crippen molar-refractivity contribution in [1.82, 2.24) is 15.5 Å². The number of rotatable bonds is 8. The number of ether oxygens (including phenoxy) is 1. The lowest BCUT2D eigenvalue weighted by molar-refractivity contribution is -0.128. The van der Waals surface area contributed by atoms with Gasteiger partial charge in [0, 0.05) is 39.2 Å². The lowest BCUT2D eigenvalue weighted by Crippen LogP contribution is -2.43. The van der Waals surface area contributed by atoms with Crippen LogP contribution in [-0.4, -0.2) is 49.6 Å². The molecule has 0 spiro atoms. The molecule has 1 unspecified atom stereocenters. The van der Waals surface area contributed by atoms with Gasteiger partial charge in [-0.15, -0.1) is 24.0 Å². The van der Waals surface area contributed by atoms with Crippen molar-refractivity contribution in [3.05, 3.63) is 35.4 Å². The Morgan fingerprint density at radius 1 is 1.31 bits per heavy atom. The summed E-state index contributed by atoms with van der Waals surface area (Å²) in [5.74, 6) is 1.05. The first kappa shape index (κ1) is 22.7. The summed E-state index contributed by atoms with van der Waals surface area (Å²) in [5, 5.41) is 6.57. The summed E-state index contributed by atoms with van der Waals surface area (Å²) in [4.78, 5) is 18.3. The Hall–Kier alpha value is -1.35. The van der Waals surface area contributed by atoms with Crippen LogP contribution in [0.3, 0.4) is 0 Å². The number of guanidine groups is 1. The topological polar surface area (TPSA) is 66.0 Å². The fraction of sp³-hybridized carbons (Fsp3) is 0.579. The number of hydrogen-bond acceptors (Lipinski definition) is 3. The second-order valence-corrected chi connectivity index (χ2v) is 6.43. The van der Waals surface area contributed by atoms with E-state index < -0.39 is 0 Å². The maximum absolute atomic E-state index is 11.7. The highest BCUT2D eigenvalue weighted by Crippen LogP contribution is 2.15. The van der Waals surface area contributed by atoms with Gasteiger partial charge in [0.2, 0.25) is 5.91 Å². The Morgan fingerprint density at radius 3 is 2.58 bits per heavy atom. The number of halogens is 1. The molecule has 0 radical (unpaired) electrons. The van der Waals surface area contributed by atoms with Gasteiger partial charge in [0.1, 0.15) is 0 Å². The van der Waals surface area contributed by atoms with Gasteiger partial charge in [-0.2, -0.15) is 0 Å². The molecule has 146 valence electrons. The Morgan fingerprint density at radius 2 is 2.00 bits per heavy atom. The third kappa shape index (κ3) is 7.49. The number of benzene rings is 1. The zero-order valence-electron chi connectivity index (χ0n) is 16.0. The van der Waals surface area contributed by atoms with Crippen molar-refractivity contribution in [1.29, 1.82) is 0 Å². The normalized spacial score (nSPS) is 15.6. The number of methoxy groups -OCH3 is 1. The molecule has 6 nitrogen and oxygen atoms in total. The van der Waals surface area contributed by atoms with Crippen LogP contribution in [-0.2, 0) is 22.6 Å². The molecule has 1 amide bonds. The van der Waals surface area contributed by atoms with Gasteiger partial charge in [-0.05, 0) is 31.4 Å². The standard InChI is InChI=1S/C19H30N4O2.HI/c1-4-20-19(22-15(2)14-25-3)21-12-16-7-9-17(10-8-16)13-23-11-5-6-18(23)24;/h7-10,15H,4-6,11-14H2,1-3H3,(H2,20,21,22);1H. The summed E-state index contributed by atoms with van der Waals surface area (Å²) in [6, 6.07) is 8.54. The second-order valence-electron chi connectivity index (χ2n) is 6.43. The van der Waals surface area contributed by atoms with Crippen molar-refractivity contribution in [3.8, 4) is 0 Å². The van der Waals surface area contributed by atoms with Crippen LogP contribution in [0.2, 0.25) is 0 Å². The Labute approximate surface area is 173 Å². The molecular formula is C19H31IN4O2. The zero-order chi connectivity index (χ0) is 18.1. The monoisotopic (exact) mass is 474 g/mol. The minimum absolute atomic E-state index is 0. The maximum Gasteiger partial charge on any atom is 0.222 e. The van der Waals surface area contributed by atoms with Crippen molar-refractivity contribution in [2.24, 2.45) is 4.99 Å². The first-order chi connectivity index (χ1) is 12.1. The van der Waals surface area contributed by atoms with E-state index in [-0.39, 0.29) is 35.9 Å². The van der Waals surface area contributed by atoms with Gasteiger partial charge >= 0.3 is 0 Å². The summed E-state index contributed by atoms with van der Waals surface area (Å²) < 4.78 is 5.15. The van der Waals surface area contributed by atoms with E-state index in [1.165, 1.54) is 5.56 Å². The highest BCUT2D eigenvalue weighted by molar-refractivity contribution is 14.0. The molecule has 7 heteroatoms. The van der Waals surface area contributed by atoms with E-state index in [2.05, 4.69) is 46.8 Å². The SMILES string of the molecule is CCNC(=NCc1ccc(CN2CCCC2=O)cc1)NC(C)COC.I. The van der Waals surface area contributed by atoms with E-state index >= 15 is 0 Å². The van der Waals surface area contributed by atoms with Crippen molar-refractivity contribution >= 4 is 35.8 Å². The Kier molecular flexibility index (Phi) is 10.6. The van der Waals surface area contributed by atoms with Crippen LogP contribution in [0.15, 0.2) is 29.3 Å². The van der Waals surface area contributed by atoms with Gasteiger partial charge < -0.3 is 20.3 Å². The van der Waals surface area contributed by atoms with E-state index in [4.69, 9.17) is 4.74 Å². The van der Waals surface area contributed by atoms with Crippen LogP contribution in [0.1, 0.15) is 37.8 Å².